The van der Waals surface area contributed by atoms with E-state index in [0.29, 0.717) is 22.6 Å². The fourth-order valence-corrected chi connectivity index (χ4v) is 5.00. The highest BCUT2D eigenvalue weighted by molar-refractivity contribution is 7.89. The van der Waals surface area contributed by atoms with Gasteiger partial charge in [-0.15, -0.1) is 0 Å². The average Bonchev–Trinajstić information content (AvgIpc) is 2.79. The van der Waals surface area contributed by atoms with Gasteiger partial charge in [-0.2, -0.15) is 4.31 Å². The number of hydrogen-bond acceptors (Lipinski definition) is 5. The largest absolute Gasteiger partial charge is 0.493 e. The average molecular weight is 442 g/mol. The SMILES string of the molecule is COc1ccc(CN([C@@H](CO)c2ccccc2)S(=O)(=O)c2ccc(C)cc2)cc1OC. The lowest BCUT2D eigenvalue weighted by molar-refractivity contribution is 0.184. The number of methoxy groups -OCH3 is 2. The molecule has 6 nitrogen and oxygen atoms in total. The second-order valence-corrected chi connectivity index (χ2v) is 9.05. The van der Waals surface area contributed by atoms with E-state index in [1.165, 1.54) is 11.4 Å². The van der Waals surface area contributed by atoms with Crippen molar-refractivity contribution in [1.82, 2.24) is 4.31 Å². The number of sulfonamides is 1. The van der Waals surface area contributed by atoms with Crippen LogP contribution in [0.25, 0.3) is 0 Å². The summed E-state index contributed by atoms with van der Waals surface area (Å²) in [6.45, 7) is 1.59. The van der Waals surface area contributed by atoms with Crippen molar-refractivity contribution in [2.45, 2.75) is 24.4 Å². The third kappa shape index (κ3) is 5.07. The van der Waals surface area contributed by atoms with Crippen LogP contribution in [-0.4, -0.2) is 38.7 Å². The second kappa shape index (κ2) is 9.96. The first-order valence-corrected chi connectivity index (χ1v) is 11.3. The molecule has 1 atom stereocenters. The monoisotopic (exact) mass is 441 g/mol. The summed E-state index contributed by atoms with van der Waals surface area (Å²) in [6, 6.07) is 20.4. The third-order valence-electron chi connectivity index (χ3n) is 5.12. The van der Waals surface area contributed by atoms with Crippen molar-refractivity contribution < 1.29 is 23.0 Å². The van der Waals surface area contributed by atoms with Crippen LogP contribution in [0, 0.1) is 6.92 Å². The molecule has 0 heterocycles. The van der Waals surface area contributed by atoms with Gasteiger partial charge in [-0.3, -0.25) is 0 Å². The number of aryl methyl sites for hydroxylation is 1. The molecule has 3 aromatic rings. The van der Waals surface area contributed by atoms with E-state index >= 15 is 0 Å². The molecule has 0 fully saturated rings. The van der Waals surface area contributed by atoms with E-state index in [2.05, 4.69) is 0 Å². The smallest absolute Gasteiger partial charge is 0.244 e. The lowest BCUT2D eigenvalue weighted by Crippen LogP contribution is -2.36. The maximum atomic E-state index is 13.7. The summed E-state index contributed by atoms with van der Waals surface area (Å²) in [5.74, 6) is 1.06. The predicted molar refractivity (Wildman–Crippen MR) is 120 cm³/mol. The van der Waals surface area contributed by atoms with E-state index in [1.807, 2.05) is 37.3 Å². The van der Waals surface area contributed by atoms with Crippen molar-refractivity contribution >= 4 is 10.0 Å². The molecule has 3 aromatic carbocycles. The molecule has 0 radical (unpaired) electrons. The molecule has 0 bridgehead atoms. The van der Waals surface area contributed by atoms with Gasteiger partial charge in [0.1, 0.15) is 0 Å². The predicted octanol–water partition coefficient (Wildman–Crippen LogP) is 3.94. The molecule has 164 valence electrons. The Labute approximate surface area is 183 Å². The number of nitrogens with zero attached hydrogens (tertiary/aromatic N) is 1. The summed E-state index contributed by atoms with van der Waals surface area (Å²) < 4.78 is 39.3. The molecular formula is C24H27NO5S. The zero-order valence-electron chi connectivity index (χ0n) is 17.9. The van der Waals surface area contributed by atoms with E-state index in [0.717, 1.165) is 5.56 Å². The van der Waals surface area contributed by atoms with Crippen molar-refractivity contribution in [3.8, 4) is 11.5 Å². The van der Waals surface area contributed by atoms with Gasteiger partial charge < -0.3 is 14.6 Å². The van der Waals surface area contributed by atoms with Crippen LogP contribution >= 0.6 is 0 Å². The van der Waals surface area contributed by atoms with Crippen molar-refractivity contribution in [2.24, 2.45) is 0 Å². The van der Waals surface area contributed by atoms with Gasteiger partial charge in [-0.05, 0) is 42.3 Å². The molecule has 1 N–H and O–H groups in total. The Kier molecular flexibility index (Phi) is 7.33. The van der Waals surface area contributed by atoms with Crippen LogP contribution in [0.5, 0.6) is 11.5 Å². The van der Waals surface area contributed by atoms with Crippen LogP contribution in [-0.2, 0) is 16.6 Å². The minimum Gasteiger partial charge on any atom is -0.493 e. The normalized spacial score (nSPS) is 12.5. The van der Waals surface area contributed by atoms with Crippen LogP contribution in [0.3, 0.4) is 0 Å². The number of aliphatic hydroxyl groups excluding tert-OH is 1. The zero-order valence-corrected chi connectivity index (χ0v) is 18.7. The van der Waals surface area contributed by atoms with Gasteiger partial charge in [0.05, 0.1) is 31.8 Å². The molecule has 0 unspecified atom stereocenters. The van der Waals surface area contributed by atoms with E-state index < -0.39 is 16.1 Å². The first-order chi connectivity index (χ1) is 14.9. The quantitative estimate of drug-likeness (QED) is 0.544. The molecule has 0 amide bonds. The highest BCUT2D eigenvalue weighted by atomic mass is 32.2. The van der Waals surface area contributed by atoms with Gasteiger partial charge in [0.2, 0.25) is 10.0 Å². The van der Waals surface area contributed by atoms with E-state index in [1.54, 1.807) is 49.6 Å². The maximum absolute atomic E-state index is 13.7. The van der Waals surface area contributed by atoms with Crippen molar-refractivity contribution in [2.75, 3.05) is 20.8 Å². The van der Waals surface area contributed by atoms with E-state index in [9.17, 15) is 13.5 Å². The lowest BCUT2D eigenvalue weighted by atomic mass is 10.1. The van der Waals surface area contributed by atoms with Crippen LogP contribution in [0.1, 0.15) is 22.7 Å². The third-order valence-corrected chi connectivity index (χ3v) is 6.99. The topological polar surface area (TPSA) is 76.1 Å². The minimum atomic E-state index is -3.91. The fourth-order valence-electron chi connectivity index (χ4n) is 3.41. The maximum Gasteiger partial charge on any atom is 0.244 e. The Balaban J connectivity index is 2.09. The van der Waals surface area contributed by atoms with Crippen molar-refractivity contribution in [3.05, 3.63) is 89.5 Å². The number of benzene rings is 3. The standard InChI is InChI=1S/C24H27NO5S/c1-18-9-12-21(13-10-18)31(27,28)25(22(17-26)20-7-5-4-6-8-20)16-19-11-14-23(29-2)24(15-19)30-3/h4-15,22,26H,16-17H2,1-3H3/t22-/m0/s1. The second-order valence-electron chi connectivity index (χ2n) is 7.16. The summed E-state index contributed by atoms with van der Waals surface area (Å²) in [5, 5.41) is 10.2. The highest BCUT2D eigenvalue weighted by Gasteiger charge is 2.32. The minimum absolute atomic E-state index is 0.0523. The van der Waals surface area contributed by atoms with Crippen molar-refractivity contribution in [3.63, 3.8) is 0 Å². The van der Waals surface area contributed by atoms with Gasteiger partial charge in [0.15, 0.2) is 11.5 Å². The van der Waals surface area contributed by atoms with Gasteiger partial charge in [0.25, 0.3) is 0 Å². The Bertz CT molecular complexity index is 1100. The summed E-state index contributed by atoms with van der Waals surface area (Å²) in [6.07, 6.45) is 0. The summed E-state index contributed by atoms with van der Waals surface area (Å²) >= 11 is 0. The molecule has 3 rings (SSSR count). The molecule has 7 heteroatoms. The van der Waals surface area contributed by atoms with Crippen LogP contribution in [0.2, 0.25) is 0 Å². The molecule has 0 aliphatic rings. The number of aliphatic hydroxyl groups is 1. The molecule has 0 spiro atoms. The highest BCUT2D eigenvalue weighted by Crippen LogP contribution is 2.33. The van der Waals surface area contributed by atoms with Crippen LogP contribution in [0.15, 0.2) is 77.7 Å². The lowest BCUT2D eigenvalue weighted by Gasteiger charge is -2.30. The molecule has 0 saturated carbocycles. The molecule has 0 saturated heterocycles. The van der Waals surface area contributed by atoms with Crippen molar-refractivity contribution in [1.29, 1.82) is 0 Å². The Morgan fingerprint density at radius 1 is 0.903 bits per heavy atom. The van der Waals surface area contributed by atoms with Gasteiger partial charge in [-0.1, -0.05) is 54.1 Å². The van der Waals surface area contributed by atoms with Gasteiger partial charge >= 0.3 is 0 Å². The van der Waals surface area contributed by atoms with Gasteiger partial charge in [0, 0.05) is 6.54 Å². The number of hydrogen-bond donors (Lipinski definition) is 1. The fraction of sp³-hybridized carbons (Fsp3) is 0.250. The molecule has 31 heavy (non-hydrogen) atoms. The molecule has 0 aliphatic carbocycles. The summed E-state index contributed by atoms with van der Waals surface area (Å²) in [7, 11) is -0.834. The van der Waals surface area contributed by atoms with E-state index in [4.69, 9.17) is 9.47 Å². The molecule has 0 aromatic heterocycles. The summed E-state index contributed by atoms with van der Waals surface area (Å²) in [4.78, 5) is 0.174. The Hall–Kier alpha value is -2.87. The van der Waals surface area contributed by atoms with Crippen LogP contribution in [0.4, 0.5) is 0 Å². The first-order valence-electron chi connectivity index (χ1n) is 9.86. The first kappa shape index (κ1) is 22.8. The zero-order chi connectivity index (χ0) is 22.4. The van der Waals surface area contributed by atoms with E-state index in [-0.39, 0.29) is 18.0 Å². The Morgan fingerprint density at radius 3 is 2.13 bits per heavy atom. The molecular weight excluding hydrogens is 414 g/mol. The molecule has 0 aliphatic heterocycles. The number of rotatable bonds is 9. The van der Waals surface area contributed by atoms with Gasteiger partial charge in [-0.25, -0.2) is 8.42 Å². The number of ether oxygens (including phenoxy) is 2. The Morgan fingerprint density at radius 2 is 1.55 bits per heavy atom. The van der Waals surface area contributed by atoms with Crippen LogP contribution < -0.4 is 9.47 Å². The summed E-state index contributed by atoms with van der Waals surface area (Å²) in [5.41, 5.74) is 2.39.